The second-order valence-corrected chi connectivity index (χ2v) is 6.93. The van der Waals surface area contributed by atoms with Crippen LogP contribution in [0.3, 0.4) is 0 Å². The molecular formula is C18H22BN. The average Bonchev–Trinajstić information content (AvgIpc) is 2.37. The molecule has 2 heteroatoms. The van der Waals surface area contributed by atoms with Gasteiger partial charge in [-0.1, -0.05) is 68.1 Å². The maximum atomic E-state index is 2.35. The van der Waals surface area contributed by atoms with Crippen LogP contribution in [-0.2, 0) is 0 Å². The Labute approximate surface area is 122 Å². The lowest BCUT2D eigenvalue weighted by molar-refractivity contribution is 0.749. The quantitative estimate of drug-likeness (QED) is 0.658. The van der Waals surface area contributed by atoms with Crippen LogP contribution in [0.4, 0.5) is 11.4 Å². The van der Waals surface area contributed by atoms with Gasteiger partial charge in [-0.15, -0.1) is 0 Å². The molecule has 0 radical (unpaired) electrons. The summed E-state index contributed by atoms with van der Waals surface area (Å²) in [5, 5.41) is 0.208. The highest BCUT2D eigenvalue weighted by atomic mass is 15.1. The van der Waals surface area contributed by atoms with Gasteiger partial charge in [0, 0.05) is 18.4 Å². The first-order valence-electron chi connectivity index (χ1n) is 7.33. The minimum atomic E-state index is 0.208. The van der Waals surface area contributed by atoms with Gasteiger partial charge in [0.1, 0.15) is 0 Å². The van der Waals surface area contributed by atoms with Crippen LogP contribution in [0.5, 0.6) is 0 Å². The summed E-state index contributed by atoms with van der Waals surface area (Å²) in [5.74, 6) is 0. The van der Waals surface area contributed by atoms with Gasteiger partial charge in [0.05, 0.1) is 0 Å². The van der Waals surface area contributed by atoms with Crippen molar-refractivity contribution in [1.82, 2.24) is 0 Å². The van der Waals surface area contributed by atoms with E-state index in [-0.39, 0.29) is 5.31 Å². The molecule has 2 aromatic carbocycles. The maximum absolute atomic E-state index is 2.35. The molecule has 1 aliphatic heterocycles. The molecule has 0 aromatic heterocycles. The normalized spacial score (nSPS) is 14.1. The Morgan fingerprint density at radius 2 is 1.55 bits per heavy atom. The number of para-hydroxylation sites is 2. The predicted octanol–water partition coefficient (Wildman–Crippen LogP) is 3.49. The number of nitrogens with zero attached hydrogens (tertiary/aromatic N) is 1. The average molecular weight is 263 g/mol. The smallest absolute Gasteiger partial charge is 0.220 e. The van der Waals surface area contributed by atoms with E-state index in [4.69, 9.17) is 0 Å². The Morgan fingerprint density at radius 1 is 0.900 bits per heavy atom. The summed E-state index contributed by atoms with van der Waals surface area (Å²) in [4.78, 5) is 2.35. The van der Waals surface area contributed by atoms with Gasteiger partial charge in [-0.2, -0.15) is 0 Å². The molecule has 20 heavy (non-hydrogen) atoms. The van der Waals surface area contributed by atoms with Gasteiger partial charge in [-0.05, 0) is 23.9 Å². The van der Waals surface area contributed by atoms with Gasteiger partial charge in [0.2, 0.25) is 6.71 Å². The number of rotatable bonds is 0. The van der Waals surface area contributed by atoms with Gasteiger partial charge in [0.25, 0.3) is 0 Å². The fourth-order valence-corrected chi connectivity index (χ4v) is 3.63. The summed E-state index contributed by atoms with van der Waals surface area (Å²) in [5.41, 5.74) is 6.98. The van der Waals surface area contributed by atoms with Crippen molar-refractivity contribution in [1.29, 1.82) is 0 Å². The molecule has 0 bridgehead atoms. The van der Waals surface area contributed by atoms with Crippen LogP contribution in [0.15, 0.2) is 42.5 Å². The van der Waals surface area contributed by atoms with Crippen molar-refractivity contribution in [2.45, 2.75) is 33.0 Å². The van der Waals surface area contributed by atoms with Crippen molar-refractivity contribution in [3.05, 3.63) is 48.0 Å². The van der Waals surface area contributed by atoms with Crippen LogP contribution >= 0.6 is 0 Å². The molecule has 2 aromatic rings. The largest absolute Gasteiger partial charge is 0.345 e. The lowest BCUT2D eigenvalue weighted by Gasteiger charge is -2.40. The fraction of sp³-hybridized carbons (Fsp3) is 0.333. The molecule has 0 spiro atoms. The van der Waals surface area contributed by atoms with Gasteiger partial charge < -0.3 is 4.90 Å². The molecule has 1 aliphatic rings. The second kappa shape index (κ2) is 4.41. The fourth-order valence-electron chi connectivity index (χ4n) is 3.63. The predicted molar refractivity (Wildman–Crippen MR) is 90.4 cm³/mol. The Morgan fingerprint density at radius 3 is 2.25 bits per heavy atom. The van der Waals surface area contributed by atoms with Crippen LogP contribution in [-0.4, -0.2) is 13.8 Å². The summed E-state index contributed by atoms with van der Waals surface area (Å²) in [7, 11) is 2.18. The first-order valence-corrected chi connectivity index (χ1v) is 7.33. The molecule has 0 unspecified atom stereocenters. The SMILES string of the molecule is Cc1cccc2c1N(C)c1ccccc1B2C(C)(C)C. The molecule has 0 fully saturated rings. The first kappa shape index (κ1) is 13.3. The van der Waals surface area contributed by atoms with E-state index in [0.717, 1.165) is 0 Å². The molecule has 1 heterocycles. The van der Waals surface area contributed by atoms with Crippen LogP contribution in [0, 0.1) is 6.92 Å². The zero-order valence-corrected chi connectivity index (χ0v) is 13.1. The monoisotopic (exact) mass is 263 g/mol. The minimum Gasteiger partial charge on any atom is -0.345 e. The van der Waals surface area contributed by atoms with E-state index in [1.165, 1.54) is 27.9 Å². The Hall–Kier alpha value is -1.70. The van der Waals surface area contributed by atoms with E-state index in [1.54, 1.807) is 0 Å². The number of aryl methyl sites for hydroxylation is 1. The van der Waals surface area contributed by atoms with Crippen LogP contribution in [0.25, 0.3) is 0 Å². The van der Waals surface area contributed by atoms with E-state index < -0.39 is 0 Å². The van der Waals surface area contributed by atoms with Crippen LogP contribution in [0.2, 0.25) is 5.31 Å². The molecule has 0 amide bonds. The highest BCUT2D eigenvalue weighted by Crippen LogP contribution is 2.36. The highest BCUT2D eigenvalue weighted by Gasteiger charge is 2.39. The van der Waals surface area contributed by atoms with Gasteiger partial charge >= 0.3 is 0 Å². The summed E-state index contributed by atoms with van der Waals surface area (Å²) in [6.45, 7) is 9.68. The molecule has 0 saturated carbocycles. The topological polar surface area (TPSA) is 3.24 Å². The Balaban J connectivity index is 2.34. The Kier molecular flexibility index (Phi) is 2.93. The molecule has 0 saturated heterocycles. The molecule has 1 nitrogen and oxygen atoms in total. The molecule has 0 atom stereocenters. The molecule has 0 aliphatic carbocycles. The van der Waals surface area contributed by atoms with Crippen LogP contribution < -0.4 is 15.8 Å². The summed E-state index contributed by atoms with van der Waals surface area (Å²) >= 11 is 0. The van der Waals surface area contributed by atoms with E-state index in [9.17, 15) is 0 Å². The summed E-state index contributed by atoms with van der Waals surface area (Å²) in [6.07, 6.45) is 0. The van der Waals surface area contributed by atoms with Crippen LogP contribution in [0.1, 0.15) is 26.3 Å². The number of fused-ring (bicyclic) bond motifs is 2. The van der Waals surface area contributed by atoms with Crippen molar-refractivity contribution in [2.24, 2.45) is 0 Å². The van der Waals surface area contributed by atoms with E-state index in [1.807, 2.05) is 0 Å². The number of hydrogen-bond donors (Lipinski definition) is 0. The highest BCUT2D eigenvalue weighted by molar-refractivity contribution is 6.90. The minimum absolute atomic E-state index is 0.208. The van der Waals surface area contributed by atoms with Gasteiger partial charge in [0.15, 0.2) is 0 Å². The second-order valence-electron chi connectivity index (χ2n) is 6.93. The zero-order chi connectivity index (χ0) is 14.5. The van der Waals surface area contributed by atoms with E-state index in [0.29, 0.717) is 6.71 Å². The standard InChI is InChI=1S/C18H22BN/c1-13-9-8-11-15-17(13)20(5)16-12-7-6-10-14(16)19(15)18(2,3)4/h6-12H,1-5H3. The summed E-state index contributed by atoms with van der Waals surface area (Å²) < 4.78 is 0. The summed E-state index contributed by atoms with van der Waals surface area (Å²) in [6, 6.07) is 15.5. The van der Waals surface area contributed by atoms with Gasteiger partial charge in [-0.25, -0.2) is 0 Å². The molecule has 0 N–H and O–H groups in total. The van der Waals surface area contributed by atoms with E-state index >= 15 is 0 Å². The molecular weight excluding hydrogens is 241 g/mol. The van der Waals surface area contributed by atoms with Gasteiger partial charge in [-0.3, -0.25) is 0 Å². The van der Waals surface area contributed by atoms with Crippen molar-refractivity contribution in [3.63, 3.8) is 0 Å². The maximum Gasteiger partial charge on any atom is 0.220 e. The molecule has 3 rings (SSSR count). The van der Waals surface area contributed by atoms with Crippen molar-refractivity contribution in [3.8, 4) is 0 Å². The lowest BCUT2D eigenvalue weighted by atomic mass is 9.27. The number of benzene rings is 2. The van der Waals surface area contributed by atoms with Crippen molar-refractivity contribution in [2.75, 3.05) is 11.9 Å². The van der Waals surface area contributed by atoms with Crippen molar-refractivity contribution >= 4 is 29.0 Å². The molecule has 102 valence electrons. The third kappa shape index (κ3) is 1.86. The first-order chi connectivity index (χ1) is 9.41. The third-order valence-corrected chi connectivity index (χ3v) is 4.39. The number of hydrogen-bond acceptors (Lipinski definition) is 1. The van der Waals surface area contributed by atoms with E-state index in [2.05, 4.69) is 82.1 Å². The number of anilines is 2. The zero-order valence-electron chi connectivity index (χ0n) is 13.1. The van der Waals surface area contributed by atoms with Crippen molar-refractivity contribution < 1.29 is 0 Å². The Bertz CT molecular complexity index is 655. The lowest BCUT2D eigenvalue weighted by Crippen LogP contribution is -2.55. The third-order valence-electron chi connectivity index (χ3n) is 4.39.